The molecule has 1 aliphatic carbocycles. The number of aromatic nitrogens is 2. The molecule has 0 amide bonds. The third kappa shape index (κ3) is 7.00. The van der Waals surface area contributed by atoms with Crippen LogP contribution >= 0.6 is 0 Å². The fourth-order valence-electron chi connectivity index (χ4n) is 4.92. The van der Waals surface area contributed by atoms with Crippen LogP contribution in [0.3, 0.4) is 0 Å². The van der Waals surface area contributed by atoms with E-state index in [1.807, 2.05) is 45.9 Å². The van der Waals surface area contributed by atoms with Gasteiger partial charge in [-0.05, 0) is 77.7 Å². The van der Waals surface area contributed by atoms with Crippen LogP contribution in [0, 0.1) is 5.92 Å². The van der Waals surface area contributed by atoms with Crippen LogP contribution < -0.4 is 4.74 Å². The van der Waals surface area contributed by atoms with Gasteiger partial charge in [0, 0.05) is 17.5 Å². The summed E-state index contributed by atoms with van der Waals surface area (Å²) in [5, 5.41) is 0.850. The van der Waals surface area contributed by atoms with Gasteiger partial charge in [-0.25, -0.2) is 9.97 Å². The van der Waals surface area contributed by atoms with E-state index in [9.17, 15) is 4.79 Å². The van der Waals surface area contributed by atoms with Gasteiger partial charge in [-0.3, -0.25) is 4.79 Å². The fraction of sp³-hybridized carbons (Fsp3) is 0.516. The molecular weight excluding hydrogens is 464 g/mol. The molecule has 4 rings (SSSR count). The zero-order chi connectivity index (χ0) is 26.4. The third-order valence-corrected chi connectivity index (χ3v) is 6.88. The second kappa shape index (κ2) is 11.9. The first kappa shape index (κ1) is 26.9. The molecule has 0 N–H and O–H groups in total. The largest absolute Gasteiger partial charge is 0.474 e. The van der Waals surface area contributed by atoms with Crippen molar-refractivity contribution in [2.75, 3.05) is 0 Å². The summed E-state index contributed by atoms with van der Waals surface area (Å²) >= 11 is 0. The van der Waals surface area contributed by atoms with E-state index in [1.54, 1.807) is 0 Å². The number of fused-ring (bicyclic) bond motifs is 1. The summed E-state index contributed by atoms with van der Waals surface area (Å²) in [5.41, 5.74) is 3.47. The molecule has 0 saturated carbocycles. The number of hydrogen-bond acceptors (Lipinski definition) is 6. The summed E-state index contributed by atoms with van der Waals surface area (Å²) in [6.45, 7) is 9.98. The van der Waals surface area contributed by atoms with Crippen molar-refractivity contribution >= 4 is 22.6 Å². The van der Waals surface area contributed by atoms with E-state index in [0.717, 1.165) is 60.3 Å². The molecule has 0 fully saturated rings. The first-order valence-electron chi connectivity index (χ1n) is 13.7. The van der Waals surface area contributed by atoms with Crippen molar-refractivity contribution in [3.63, 3.8) is 0 Å². The molecule has 0 saturated heterocycles. The molecular formula is C31H40N2O4. The Hall–Kier alpha value is -3.15. The number of carbonyl (C=O) groups is 1. The summed E-state index contributed by atoms with van der Waals surface area (Å²) in [6, 6.07) is 10.2. The third-order valence-electron chi connectivity index (χ3n) is 6.88. The van der Waals surface area contributed by atoms with E-state index in [-0.39, 0.29) is 12.1 Å². The van der Waals surface area contributed by atoms with Crippen LogP contribution in [0.5, 0.6) is 5.88 Å². The quantitative estimate of drug-likeness (QED) is 0.205. The van der Waals surface area contributed by atoms with Crippen LogP contribution in [-0.4, -0.2) is 27.6 Å². The Balaban J connectivity index is 1.55. The molecule has 6 heteroatoms. The van der Waals surface area contributed by atoms with Gasteiger partial charge >= 0.3 is 5.97 Å². The zero-order valence-electron chi connectivity index (χ0n) is 22.9. The maximum absolute atomic E-state index is 12.0. The number of benzene rings is 1. The maximum Gasteiger partial charge on any atom is 0.306 e. The first-order valence-corrected chi connectivity index (χ1v) is 13.7. The number of furan rings is 1. The molecule has 0 radical (unpaired) electrons. The van der Waals surface area contributed by atoms with E-state index < -0.39 is 5.60 Å². The number of carbonyl (C=O) groups excluding carboxylic acids is 1. The zero-order valence-corrected chi connectivity index (χ0v) is 22.9. The van der Waals surface area contributed by atoms with E-state index in [4.69, 9.17) is 13.9 Å². The molecule has 37 heavy (non-hydrogen) atoms. The minimum atomic E-state index is -0.446. The average Bonchev–Trinajstić information content (AvgIpc) is 3.27. The molecule has 3 aromatic rings. The van der Waals surface area contributed by atoms with Crippen molar-refractivity contribution in [3.8, 4) is 17.2 Å². The van der Waals surface area contributed by atoms with Gasteiger partial charge in [0.05, 0.1) is 6.10 Å². The lowest BCUT2D eigenvalue weighted by atomic mass is 9.84. The summed E-state index contributed by atoms with van der Waals surface area (Å²) in [4.78, 5) is 21.0. The van der Waals surface area contributed by atoms with Crippen molar-refractivity contribution in [3.05, 3.63) is 48.3 Å². The van der Waals surface area contributed by atoms with Gasteiger partial charge < -0.3 is 13.9 Å². The SMILES string of the molecule is CCC1CC=C(c2c(-c3ccccc3)oc3ncnc(OC(C)CCCCC(=O)OC(C)(C)C)c23)CC1. The van der Waals surface area contributed by atoms with Crippen LogP contribution in [0.25, 0.3) is 28.0 Å². The van der Waals surface area contributed by atoms with Gasteiger partial charge in [0.15, 0.2) is 0 Å². The molecule has 0 aliphatic heterocycles. The number of nitrogens with zero attached hydrogens (tertiary/aromatic N) is 2. The van der Waals surface area contributed by atoms with Gasteiger partial charge in [0.1, 0.15) is 23.1 Å². The Morgan fingerprint density at radius 2 is 1.95 bits per heavy atom. The molecule has 1 aliphatic rings. The van der Waals surface area contributed by atoms with Crippen LogP contribution in [0.2, 0.25) is 0 Å². The summed E-state index contributed by atoms with van der Waals surface area (Å²) in [7, 11) is 0. The maximum atomic E-state index is 12.0. The van der Waals surface area contributed by atoms with Gasteiger partial charge in [0.25, 0.3) is 0 Å². The molecule has 2 atom stereocenters. The van der Waals surface area contributed by atoms with E-state index in [0.29, 0.717) is 18.0 Å². The highest BCUT2D eigenvalue weighted by atomic mass is 16.6. The second-order valence-corrected chi connectivity index (χ2v) is 11.1. The number of rotatable bonds is 10. The van der Waals surface area contributed by atoms with E-state index in [2.05, 4.69) is 35.1 Å². The fourth-order valence-corrected chi connectivity index (χ4v) is 4.92. The van der Waals surface area contributed by atoms with Gasteiger partial charge in [-0.1, -0.05) is 49.8 Å². The summed E-state index contributed by atoms with van der Waals surface area (Å²) in [5.74, 6) is 1.96. The molecule has 6 nitrogen and oxygen atoms in total. The highest BCUT2D eigenvalue weighted by Gasteiger charge is 2.27. The number of unbranched alkanes of at least 4 members (excludes halogenated alkanes) is 1. The molecule has 0 spiro atoms. The van der Waals surface area contributed by atoms with Crippen LogP contribution in [0.1, 0.15) is 91.5 Å². The smallest absolute Gasteiger partial charge is 0.306 e. The predicted octanol–water partition coefficient (Wildman–Crippen LogP) is 8.15. The van der Waals surface area contributed by atoms with Crippen molar-refractivity contribution in [2.45, 2.75) is 97.7 Å². The van der Waals surface area contributed by atoms with Crippen molar-refractivity contribution in [1.29, 1.82) is 0 Å². The van der Waals surface area contributed by atoms with Gasteiger partial charge in [-0.15, -0.1) is 0 Å². The molecule has 2 heterocycles. The Bertz CT molecular complexity index is 1220. The molecule has 1 aromatic carbocycles. The number of hydrogen-bond donors (Lipinski definition) is 0. The Kier molecular flexibility index (Phi) is 8.67. The lowest BCUT2D eigenvalue weighted by molar-refractivity contribution is -0.154. The first-order chi connectivity index (χ1) is 17.7. The van der Waals surface area contributed by atoms with E-state index in [1.165, 1.54) is 24.7 Å². The number of ether oxygens (including phenoxy) is 2. The van der Waals surface area contributed by atoms with Crippen molar-refractivity contribution in [2.24, 2.45) is 5.92 Å². The van der Waals surface area contributed by atoms with Crippen LogP contribution in [0.4, 0.5) is 0 Å². The standard InChI is InChI=1S/C31H40N2O4/c1-6-22-16-18-23(19-17-22)26-27-29(35-21(2)12-10-11-15-25(34)37-31(3,4)5)32-20-33-30(27)36-28(26)24-13-8-7-9-14-24/h7-9,13-14,18,20-22H,6,10-12,15-17,19H2,1-5H3. The minimum Gasteiger partial charge on any atom is -0.474 e. The number of allylic oxidation sites excluding steroid dienone is 2. The second-order valence-electron chi connectivity index (χ2n) is 11.1. The molecule has 2 aromatic heterocycles. The average molecular weight is 505 g/mol. The Morgan fingerprint density at radius 1 is 1.16 bits per heavy atom. The van der Waals surface area contributed by atoms with Crippen molar-refractivity contribution in [1.82, 2.24) is 9.97 Å². The lowest BCUT2D eigenvalue weighted by Gasteiger charge is -2.21. The minimum absolute atomic E-state index is 0.0653. The predicted molar refractivity (Wildman–Crippen MR) is 147 cm³/mol. The van der Waals surface area contributed by atoms with Crippen molar-refractivity contribution < 1.29 is 18.7 Å². The molecule has 2 unspecified atom stereocenters. The molecule has 0 bridgehead atoms. The van der Waals surface area contributed by atoms with Crippen LogP contribution in [-0.2, 0) is 9.53 Å². The highest BCUT2D eigenvalue weighted by molar-refractivity contribution is 5.99. The summed E-state index contributed by atoms with van der Waals surface area (Å²) < 4.78 is 18.1. The number of esters is 1. The Morgan fingerprint density at radius 3 is 2.62 bits per heavy atom. The summed E-state index contributed by atoms with van der Waals surface area (Å²) in [6.07, 6.45) is 11.1. The Labute approximate surface area is 220 Å². The topological polar surface area (TPSA) is 74.5 Å². The highest BCUT2D eigenvalue weighted by Crippen LogP contribution is 2.44. The normalized spacial score (nSPS) is 16.9. The molecule has 198 valence electrons. The monoisotopic (exact) mass is 504 g/mol. The lowest BCUT2D eigenvalue weighted by Crippen LogP contribution is -2.23. The van der Waals surface area contributed by atoms with E-state index >= 15 is 0 Å². The van der Waals surface area contributed by atoms with Gasteiger partial charge in [0.2, 0.25) is 11.6 Å². The van der Waals surface area contributed by atoms with Crippen LogP contribution in [0.15, 0.2) is 47.2 Å². The van der Waals surface area contributed by atoms with Gasteiger partial charge in [-0.2, -0.15) is 0 Å².